The van der Waals surface area contributed by atoms with Crippen LogP contribution in [0.2, 0.25) is 5.02 Å². The van der Waals surface area contributed by atoms with Crippen LogP contribution in [-0.2, 0) is 23.2 Å². The van der Waals surface area contributed by atoms with Gasteiger partial charge < -0.3 is 29.9 Å². The number of anilines is 2. The van der Waals surface area contributed by atoms with Crippen molar-refractivity contribution in [2.45, 2.75) is 33.2 Å². The van der Waals surface area contributed by atoms with Crippen molar-refractivity contribution in [3.8, 4) is 22.4 Å². The number of piperazine rings is 1. The largest absolute Gasteiger partial charge is 0.340 e. The van der Waals surface area contributed by atoms with Gasteiger partial charge in [-0.05, 0) is 49.7 Å². The van der Waals surface area contributed by atoms with Crippen molar-refractivity contribution >= 4 is 46.7 Å². The van der Waals surface area contributed by atoms with Crippen molar-refractivity contribution < 1.29 is 32.9 Å². The minimum atomic E-state index is -1.15. The summed E-state index contributed by atoms with van der Waals surface area (Å²) in [5, 5.41) is 9.71. The first kappa shape index (κ1) is 41.6. The molecule has 1 saturated heterocycles. The minimum absolute atomic E-state index is 0.0390. The third kappa shape index (κ3) is 9.08. The maximum absolute atomic E-state index is 15.7. The van der Waals surface area contributed by atoms with E-state index in [2.05, 4.69) is 39.8 Å². The first-order chi connectivity index (χ1) is 27.8. The molecule has 0 radical (unpaired) electrons. The number of nitrogens with zero attached hydrogens (tertiary/aromatic N) is 7. The third-order valence-corrected chi connectivity index (χ3v) is 10.7. The molecule has 0 saturated carbocycles. The lowest BCUT2D eigenvalue weighted by Gasteiger charge is -2.36. The Morgan fingerprint density at radius 3 is 2.28 bits per heavy atom. The Labute approximate surface area is 339 Å². The van der Waals surface area contributed by atoms with E-state index in [1.807, 2.05) is 11.8 Å². The molecule has 1 aliphatic heterocycles. The average Bonchev–Trinajstić information content (AvgIpc) is 3.77. The lowest BCUT2D eigenvalue weighted by molar-refractivity contribution is -0.858. The van der Waals surface area contributed by atoms with Crippen LogP contribution in [0.5, 0.6) is 0 Å². The molecular weight excluding hydrogens is 770 g/mol. The van der Waals surface area contributed by atoms with E-state index in [-0.39, 0.29) is 57.5 Å². The van der Waals surface area contributed by atoms with Crippen molar-refractivity contribution in [3.63, 3.8) is 0 Å². The second kappa shape index (κ2) is 18.1. The molecule has 3 aromatic heterocycles. The van der Waals surface area contributed by atoms with Crippen molar-refractivity contribution in [2.75, 3.05) is 57.5 Å². The number of benzene rings is 2. The normalized spacial score (nSPS) is 13.5. The monoisotopic (exact) mass is 815 g/mol. The maximum Gasteiger partial charge on any atom is 0.291 e. The quantitative estimate of drug-likeness (QED) is 0.160. The van der Waals surface area contributed by atoms with E-state index in [0.717, 1.165) is 19.4 Å². The van der Waals surface area contributed by atoms with E-state index >= 15 is 8.78 Å². The lowest BCUT2D eigenvalue weighted by Crippen LogP contribution is -3.05. The number of carbonyl (C=O) groups excluding carboxylic acids is 4. The molecule has 3 N–H and O–H groups in total. The van der Waals surface area contributed by atoms with E-state index in [1.165, 1.54) is 57.9 Å². The van der Waals surface area contributed by atoms with Gasteiger partial charge in [0.2, 0.25) is 11.8 Å². The van der Waals surface area contributed by atoms with Crippen molar-refractivity contribution in [2.24, 2.45) is 13.0 Å². The zero-order valence-corrected chi connectivity index (χ0v) is 33.7. The lowest BCUT2D eigenvalue weighted by atomic mass is 10.00. The van der Waals surface area contributed by atoms with Gasteiger partial charge in [0.05, 0.1) is 49.3 Å². The Balaban J connectivity index is 1.08. The number of hydrogen-bond acceptors (Lipinski definition) is 7. The summed E-state index contributed by atoms with van der Waals surface area (Å²) in [4.78, 5) is 65.5. The van der Waals surface area contributed by atoms with E-state index in [9.17, 15) is 19.2 Å². The number of rotatable bonds is 13. The van der Waals surface area contributed by atoms with Gasteiger partial charge in [0, 0.05) is 79.8 Å². The number of imidazole rings is 1. The number of amides is 4. The van der Waals surface area contributed by atoms with Crippen LogP contribution in [0.15, 0.2) is 67.1 Å². The molecule has 304 valence electrons. The fraction of sp³-hybridized carbons (Fsp3) is 0.341. The first-order valence-electron chi connectivity index (χ1n) is 19.0. The van der Waals surface area contributed by atoms with E-state index in [1.54, 1.807) is 42.3 Å². The molecule has 5 aromatic rings. The Kier molecular flexibility index (Phi) is 13.0. The standard InChI is InChI=1S/C41H45ClF2N10O4/c1-6-26(14-16-50(3)4)40(57)52-17-19-53(20-18-52)41(58)29-11-10-27(21-32(29)42)48-39(56)38-46-23-33(51(38)5)30-13-12-28(36(43)37(30)44)31-22-47-54(25(31)2)24-35(55)49-34-9-7-8-15-45-34/h7-13,15,21-23,26H,6,14,16-20,24H2,1-5H3,(H,48,56)(H,45,49,55)/p+1. The summed E-state index contributed by atoms with van der Waals surface area (Å²) in [6, 6.07) is 12.4. The van der Waals surface area contributed by atoms with E-state index in [0.29, 0.717) is 48.9 Å². The topological polar surface area (TPSA) is 152 Å². The number of quaternary nitrogens is 1. The van der Waals surface area contributed by atoms with Gasteiger partial charge in [-0.3, -0.25) is 23.9 Å². The molecule has 58 heavy (non-hydrogen) atoms. The van der Waals surface area contributed by atoms with Gasteiger partial charge in [-0.15, -0.1) is 0 Å². The second-order valence-corrected chi connectivity index (χ2v) is 14.9. The van der Waals surface area contributed by atoms with Crippen LogP contribution >= 0.6 is 11.6 Å². The fourth-order valence-electron chi connectivity index (χ4n) is 6.93. The predicted octanol–water partition coefficient (Wildman–Crippen LogP) is 4.32. The zero-order valence-electron chi connectivity index (χ0n) is 33.0. The molecular formula is C41H46ClF2N10O4+. The van der Waals surface area contributed by atoms with Crippen molar-refractivity contribution in [1.29, 1.82) is 0 Å². The number of nitrogens with one attached hydrogen (secondary N) is 3. The molecule has 2 aromatic carbocycles. The number of carbonyl (C=O) groups is 4. The van der Waals surface area contributed by atoms with Gasteiger partial charge >= 0.3 is 0 Å². The van der Waals surface area contributed by atoms with Crippen LogP contribution in [-0.4, -0.2) is 105 Å². The molecule has 1 fully saturated rings. The Bertz CT molecular complexity index is 2320. The second-order valence-electron chi connectivity index (χ2n) is 14.5. The van der Waals surface area contributed by atoms with Gasteiger partial charge in [-0.25, -0.2) is 18.7 Å². The highest BCUT2D eigenvalue weighted by Crippen LogP contribution is 2.33. The molecule has 4 amide bonds. The highest BCUT2D eigenvalue weighted by Gasteiger charge is 2.30. The number of aromatic nitrogens is 5. The van der Waals surface area contributed by atoms with Gasteiger partial charge in [0.15, 0.2) is 17.5 Å². The van der Waals surface area contributed by atoms with Crippen LogP contribution in [0.4, 0.5) is 20.3 Å². The van der Waals surface area contributed by atoms with Crippen LogP contribution in [0.3, 0.4) is 0 Å². The van der Waals surface area contributed by atoms with Gasteiger partial charge in [-0.1, -0.05) is 30.7 Å². The van der Waals surface area contributed by atoms with E-state index in [4.69, 9.17) is 11.6 Å². The molecule has 1 atom stereocenters. The highest BCUT2D eigenvalue weighted by molar-refractivity contribution is 6.34. The zero-order chi connectivity index (χ0) is 41.7. The smallest absolute Gasteiger partial charge is 0.291 e. The maximum atomic E-state index is 15.7. The summed E-state index contributed by atoms with van der Waals surface area (Å²) in [5.74, 6) is -3.23. The summed E-state index contributed by atoms with van der Waals surface area (Å²) in [7, 11) is 5.64. The Morgan fingerprint density at radius 1 is 0.897 bits per heavy atom. The summed E-state index contributed by atoms with van der Waals surface area (Å²) in [5.41, 5.74) is 1.27. The fourth-order valence-corrected chi connectivity index (χ4v) is 7.19. The van der Waals surface area contributed by atoms with Gasteiger partial charge in [0.1, 0.15) is 12.4 Å². The van der Waals surface area contributed by atoms with Crippen LogP contribution in [0, 0.1) is 24.5 Å². The summed E-state index contributed by atoms with van der Waals surface area (Å²) in [6.45, 7) is 6.05. The summed E-state index contributed by atoms with van der Waals surface area (Å²) in [6.07, 6.45) is 5.76. The minimum Gasteiger partial charge on any atom is -0.340 e. The van der Waals surface area contributed by atoms with Crippen molar-refractivity contribution in [1.82, 2.24) is 34.1 Å². The third-order valence-electron chi connectivity index (χ3n) is 10.3. The Morgan fingerprint density at radius 2 is 1.60 bits per heavy atom. The SMILES string of the molecule is CCC(CC[NH+](C)C)C(=O)N1CCN(C(=O)c2ccc(NC(=O)c3ncc(-c4ccc(-c5cnn(CC(=O)Nc6ccccn6)c5C)c(F)c4F)n3C)cc2Cl)CC1. The molecule has 0 bridgehead atoms. The van der Waals surface area contributed by atoms with Gasteiger partial charge in [-0.2, -0.15) is 5.10 Å². The van der Waals surface area contributed by atoms with E-state index < -0.39 is 23.4 Å². The molecule has 1 unspecified atom stereocenters. The molecule has 0 spiro atoms. The van der Waals surface area contributed by atoms with Crippen LogP contribution < -0.4 is 15.5 Å². The predicted molar refractivity (Wildman–Crippen MR) is 215 cm³/mol. The molecule has 17 heteroatoms. The molecule has 4 heterocycles. The Hall–Kier alpha value is -6.00. The van der Waals surface area contributed by atoms with Crippen LogP contribution in [0.1, 0.15) is 46.4 Å². The molecule has 14 nitrogen and oxygen atoms in total. The number of halogens is 3. The number of pyridine rings is 1. The van der Waals surface area contributed by atoms with Gasteiger partial charge in [0.25, 0.3) is 11.8 Å². The first-order valence-corrected chi connectivity index (χ1v) is 19.4. The van der Waals surface area contributed by atoms with Crippen molar-refractivity contribution in [3.05, 3.63) is 101 Å². The molecule has 0 aliphatic carbocycles. The molecule has 1 aliphatic rings. The highest BCUT2D eigenvalue weighted by atomic mass is 35.5. The average molecular weight is 816 g/mol. The molecule has 6 rings (SSSR count). The summed E-state index contributed by atoms with van der Waals surface area (Å²) < 4.78 is 34.1. The summed E-state index contributed by atoms with van der Waals surface area (Å²) >= 11 is 6.55. The number of hydrogen-bond donors (Lipinski definition) is 3. The van der Waals surface area contributed by atoms with Crippen LogP contribution in [0.25, 0.3) is 22.4 Å².